The molecule has 0 bridgehead atoms. The summed E-state index contributed by atoms with van der Waals surface area (Å²) in [6.07, 6.45) is 0.464. The Bertz CT molecular complexity index is 340. The van der Waals surface area contributed by atoms with Crippen molar-refractivity contribution in [3.05, 3.63) is 34.3 Å². The molecule has 2 rings (SSSR count). The second-order valence-corrected chi connectivity index (χ2v) is 5.58. The third kappa shape index (κ3) is 2.08. The highest BCUT2D eigenvalue weighted by Crippen LogP contribution is 2.35. The van der Waals surface area contributed by atoms with Crippen LogP contribution in [0.5, 0.6) is 0 Å². The number of hydrogen-bond acceptors (Lipinski definition) is 2. The van der Waals surface area contributed by atoms with Gasteiger partial charge in [0.15, 0.2) is 0 Å². The number of benzene rings is 1. The van der Waals surface area contributed by atoms with Crippen LogP contribution in [0.1, 0.15) is 30.6 Å². The number of thioether (sulfide) groups is 1. The molecule has 0 amide bonds. The predicted octanol–water partition coefficient (Wildman–Crippen LogP) is 3.40. The van der Waals surface area contributed by atoms with Gasteiger partial charge in [0, 0.05) is 16.0 Å². The minimum absolute atomic E-state index is 0.353. The van der Waals surface area contributed by atoms with Gasteiger partial charge in [-0.1, -0.05) is 24.6 Å². The Morgan fingerprint density at radius 3 is 3.07 bits per heavy atom. The Morgan fingerprint density at radius 2 is 2.29 bits per heavy atom. The largest absolute Gasteiger partial charge is 0.388 e. The zero-order chi connectivity index (χ0) is 10.1. The summed E-state index contributed by atoms with van der Waals surface area (Å²) < 4.78 is 0. The molecule has 1 unspecified atom stereocenters. The lowest BCUT2D eigenvalue weighted by atomic mass is 10.0. The van der Waals surface area contributed by atoms with Gasteiger partial charge in [0.1, 0.15) is 0 Å². The van der Waals surface area contributed by atoms with Gasteiger partial charge in [-0.15, -0.1) is 0 Å². The van der Waals surface area contributed by atoms with E-state index >= 15 is 0 Å². The van der Waals surface area contributed by atoms with Crippen LogP contribution in [0.4, 0.5) is 0 Å². The van der Waals surface area contributed by atoms with Crippen molar-refractivity contribution in [2.45, 2.75) is 30.5 Å². The van der Waals surface area contributed by atoms with E-state index in [1.165, 1.54) is 5.56 Å². The molecule has 3 heteroatoms. The van der Waals surface area contributed by atoms with Crippen LogP contribution in [0.25, 0.3) is 0 Å². The zero-order valence-electron chi connectivity index (χ0n) is 8.03. The molecule has 0 saturated carbocycles. The van der Waals surface area contributed by atoms with Crippen LogP contribution in [0.3, 0.4) is 0 Å². The molecule has 0 saturated heterocycles. The number of rotatable bonds is 0. The topological polar surface area (TPSA) is 20.2 Å². The van der Waals surface area contributed by atoms with Crippen LogP contribution >= 0.6 is 23.4 Å². The molecule has 0 aromatic heterocycles. The Labute approximate surface area is 93.5 Å². The van der Waals surface area contributed by atoms with Gasteiger partial charge in [-0.25, -0.2) is 0 Å². The minimum Gasteiger partial charge on any atom is -0.388 e. The first-order valence-corrected chi connectivity index (χ1v) is 6.17. The van der Waals surface area contributed by atoms with Crippen molar-refractivity contribution < 1.29 is 5.11 Å². The lowest BCUT2D eigenvalue weighted by molar-refractivity contribution is 0.168. The van der Waals surface area contributed by atoms with Gasteiger partial charge in [-0.2, -0.15) is 11.8 Å². The first kappa shape index (κ1) is 10.3. The van der Waals surface area contributed by atoms with Crippen molar-refractivity contribution in [3.63, 3.8) is 0 Å². The lowest BCUT2D eigenvalue weighted by Gasteiger charge is -2.12. The van der Waals surface area contributed by atoms with Crippen molar-refractivity contribution >= 4 is 23.4 Å². The number of halogens is 1. The Balaban J connectivity index is 2.39. The van der Waals surface area contributed by atoms with Crippen molar-refractivity contribution in [1.82, 2.24) is 0 Å². The summed E-state index contributed by atoms with van der Waals surface area (Å²) in [6.45, 7) is 2.15. The third-order valence-electron chi connectivity index (χ3n) is 2.55. The second-order valence-electron chi connectivity index (χ2n) is 3.72. The Morgan fingerprint density at radius 1 is 1.50 bits per heavy atom. The van der Waals surface area contributed by atoms with E-state index in [4.69, 9.17) is 11.6 Å². The second kappa shape index (κ2) is 4.13. The van der Waals surface area contributed by atoms with Crippen molar-refractivity contribution in [3.8, 4) is 0 Å². The highest BCUT2D eigenvalue weighted by Gasteiger charge is 2.20. The monoisotopic (exact) mass is 228 g/mol. The fraction of sp³-hybridized carbons (Fsp3) is 0.455. The summed E-state index contributed by atoms with van der Waals surface area (Å²) >= 11 is 7.80. The first-order valence-electron chi connectivity index (χ1n) is 4.75. The van der Waals surface area contributed by atoms with Crippen LogP contribution in [0, 0.1) is 0 Å². The maximum atomic E-state index is 9.96. The van der Waals surface area contributed by atoms with E-state index in [1.54, 1.807) is 0 Å². The standard InChI is InChI=1S/C11H13ClOS/c1-7-4-11(13)10-5-9(12)3-2-8(10)6-14-7/h2-3,5,7,11,13H,4,6H2,1H3/t7?,11-/m0/s1. The summed E-state index contributed by atoms with van der Waals surface area (Å²) in [5, 5.41) is 11.2. The van der Waals surface area contributed by atoms with E-state index in [2.05, 4.69) is 6.92 Å². The van der Waals surface area contributed by atoms with Gasteiger partial charge in [-0.05, 0) is 29.7 Å². The molecule has 76 valence electrons. The molecule has 0 spiro atoms. The Hall–Kier alpha value is -0.180. The van der Waals surface area contributed by atoms with Crippen molar-refractivity contribution in [1.29, 1.82) is 0 Å². The first-order chi connectivity index (χ1) is 6.66. The van der Waals surface area contributed by atoms with Gasteiger partial charge in [-0.3, -0.25) is 0 Å². The van der Waals surface area contributed by atoms with Crippen molar-refractivity contribution in [2.24, 2.45) is 0 Å². The molecule has 1 aliphatic rings. The summed E-state index contributed by atoms with van der Waals surface area (Å²) in [5.74, 6) is 0.977. The molecule has 1 aromatic carbocycles. The van der Waals surface area contributed by atoms with E-state index in [0.29, 0.717) is 10.3 Å². The summed E-state index contributed by atoms with van der Waals surface area (Å²) in [7, 11) is 0. The maximum absolute atomic E-state index is 9.96. The normalized spacial score (nSPS) is 26.8. The number of aliphatic hydroxyl groups is 1. The van der Waals surface area contributed by atoms with Crippen LogP contribution < -0.4 is 0 Å². The number of hydrogen-bond donors (Lipinski definition) is 1. The molecule has 14 heavy (non-hydrogen) atoms. The van der Waals surface area contributed by atoms with Crippen molar-refractivity contribution in [2.75, 3.05) is 0 Å². The lowest BCUT2D eigenvalue weighted by Crippen LogP contribution is -2.03. The Kier molecular flexibility index (Phi) is 3.05. The molecule has 1 aromatic rings. The molecule has 0 aliphatic carbocycles. The smallest absolute Gasteiger partial charge is 0.0804 e. The average molecular weight is 229 g/mol. The van der Waals surface area contributed by atoms with E-state index in [-0.39, 0.29) is 6.10 Å². The van der Waals surface area contributed by atoms with Gasteiger partial charge < -0.3 is 5.11 Å². The van der Waals surface area contributed by atoms with E-state index in [1.807, 2.05) is 30.0 Å². The number of aliphatic hydroxyl groups excluding tert-OH is 1. The average Bonchev–Trinajstić information content (AvgIpc) is 2.27. The number of fused-ring (bicyclic) bond motifs is 1. The van der Waals surface area contributed by atoms with Gasteiger partial charge >= 0.3 is 0 Å². The van der Waals surface area contributed by atoms with Gasteiger partial charge in [0.05, 0.1) is 6.10 Å². The van der Waals surface area contributed by atoms with Crippen LogP contribution in [-0.2, 0) is 5.75 Å². The highest BCUT2D eigenvalue weighted by molar-refractivity contribution is 7.99. The quantitative estimate of drug-likeness (QED) is 0.735. The van der Waals surface area contributed by atoms with E-state index in [0.717, 1.165) is 17.7 Å². The fourth-order valence-corrected chi connectivity index (χ4v) is 2.97. The van der Waals surface area contributed by atoms with E-state index in [9.17, 15) is 5.11 Å². The third-order valence-corrected chi connectivity index (χ3v) is 4.02. The van der Waals surface area contributed by atoms with Crippen LogP contribution in [0.2, 0.25) is 5.02 Å². The fourth-order valence-electron chi connectivity index (χ4n) is 1.75. The van der Waals surface area contributed by atoms with Crippen LogP contribution in [-0.4, -0.2) is 10.4 Å². The minimum atomic E-state index is -0.353. The molecule has 0 fully saturated rings. The highest BCUT2D eigenvalue weighted by atomic mass is 35.5. The molecular formula is C11H13ClOS. The zero-order valence-corrected chi connectivity index (χ0v) is 9.61. The summed E-state index contributed by atoms with van der Waals surface area (Å²) in [4.78, 5) is 0. The molecule has 1 aliphatic heterocycles. The molecule has 2 atom stereocenters. The molecule has 1 N–H and O–H groups in total. The SMILES string of the molecule is CC1C[C@H](O)c2cc(Cl)ccc2CS1. The summed E-state index contributed by atoms with van der Waals surface area (Å²) in [6, 6.07) is 5.80. The maximum Gasteiger partial charge on any atom is 0.0804 e. The predicted molar refractivity (Wildman–Crippen MR) is 61.8 cm³/mol. The van der Waals surface area contributed by atoms with Gasteiger partial charge in [0.2, 0.25) is 0 Å². The molecular weight excluding hydrogens is 216 g/mol. The molecule has 1 nitrogen and oxygen atoms in total. The molecule has 1 heterocycles. The van der Waals surface area contributed by atoms with E-state index < -0.39 is 0 Å². The summed E-state index contributed by atoms with van der Waals surface area (Å²) in [5.41, 5.74) is 2.23. The molecule has 0 radical (unpaired) electrons. The van der Waals surface area contributed by atoms with Gasteiger partial charge in [0.25, 0.3) is 0 Å². The van der Waals surface area contributed by atoms with Crippen LogP contribution in [0.15, 0.2) is 18.2 Å².